The van der Waals surface area contributed by atoms with Crippen molar-refractivity contribution in [2.24, 2.45) is 5.16 Å². The molecule has 38 heavy (non-hydrogen) atoms. The second-order valence-electron chi connectivity index (χ2n) is 9.01. The van der Waals surface area contributed by atoms with Gasteiger partial charge in [-0.15, -0.1) is 0 Å². The van der Waals surface area contributed by atoms with Gasteiger partial charge in [-0.1, -0.05) is 34.4 Å². The Hall–Kier alpha value is -2.99. The summed E-state index contributed by atoms with van der Waals surface area (Å²) in [6, 6.07) is 6.49. The summed E-state index contributed by atoms with van der Waals surface area (Å²) in [5, 5.41) is 6.08. The molecule has 2 aliphatic heterocycles. The Bertz CT molecular complexity index is 1290. The molecule has 204 valence electrons. The fourth-order valence-corrected chi connectivity index (χ4v) is 4.95. The second kappa shape index (κ2) is 9.96. The maximum Gasteiger partial charge on any atom is 0.435 e. The summed E-state index contributed by atoms with van der Waals surface area (Å²) in [5.41, 5.74) is -2.50. The number of oxime groups is 1. The molecule has 0 radical (unpaired) electrons. The molecule has 1 saturated heterocycles. The van der Waals surface area contributed by atoms with Crippen molar-refractivity contribution in [1.82, 2.24) is 10.2 Å². The lowest BCUT2D eigenvalue weighted by Crippen LogP contribution is -2.44. The Kier molecular flexibility index (Phi) is 7.34. The van der Waals surface area contributed by atoms with Gasteiger partial charge in [-0.25, -0.2) is 0 Å². The molecular weight excluding hydrogens is 563 g/mol. The molecule has 0 saturated carbocycles. The van der Waals surface area contributed by atoms with Crippen LogP contribution >= 0.6 is 23.2 Å². The maximum atomic E-state index is 14.2. The third-order valence-electron chi connectivity index (χ3n) is 6.29. The summed E-state index contributed by atoms with van der Waals surface area (Å²) in [7, 11) is 0. The third kappa shape index (κ3) is 5.56. The number of hydrogen-bond acceptors (Lipinski definition) is 4. The Morgan fingerprint density at radius 1 is 1.13 bits per heavy atom. The van der Waals surface area contributed by atoms with E-state index in [2.05, 4.69) is 10.5 Å². The van der Waals surface area contributed by atoms with Crippen LogP contribution in [0.1, 0.15) is 39.9 Å². The van der Waals surface area contributed by atoms with Crippen LogP contribution in [0.4, 0.5) is 26.3 Å². The number of carbonyl (C=O) groups is 2. The monoisotopic (exact) mass is 581 g/mol. The van der Waals surface area contributed by atoms with Gasteiger partial charge in [0, 0.05) is 34.1 Å². The Labute approximate surface area is 222 Å². The van der Waals surface area contributed by atoms with Crippen LogP contribution in [0.25, 0.3) is 0 Å². The lowest BCUT2D eigenvalue weighted by atomic mass is 9.86. The largest absolute Gasteiger partial charge is 0.435 e. The Morgan fingerprint density at radius 2 is 1.79 bits per heavy atom. The van der Waals surface area contributed by atoms with Gasteiger partial charge in [0.25, 0.3) is 11.5 Å². The number of carbonyl (C=O) groups excluding carboxylic acids is 2. The van der Waals surface area contributed by atoms with Crippen LogP contribution in [0.3, 0.4) is 0 Å². The van der Waals surface area contributed by atoms with E-state index in [1.807, 2.05) is 0 Å². The summed E-state index contributed by atoms with van der Waals surface area (Å²) >= 11 is 11.8. The maximum absolute atomic E-state index is 14.2. The van der Waals surface area contributed by atoms with Gasteiger partial charge in [0.1, 0.15) is 12.6 Å². The van der Waals surface area contributed by atoms with Crippen LogP contribution in [-0.4, -0.2) is 53.9 Å². The SMILES string of the molecule is Cc1cc(C2=NOC(c3cc(Cl)cc(Cl)c3)(C(F)(F)F)C2)ccc1C(=O)NC1CCN(CC(F)(F)F)C1=O. The molecule has 2 amide bonds. The minimum absolute atomic E-state index is 0.0124. The van der Waals surface area contributed by atoms with Gasteiger partial charge in [-0.3, -0.25) is 9.59 Å². The fraction of sp³-hybridized carbons (Fsp3) is 0.375. The van der Waals surface area contributed by atoms with Crippen molar-refractivity contribution in [1.29, 1.82) is 0 Å². The highest BCUT2D eigenvalue weighted by atomic mass is 35.5. The average molecular weight is 582 g/mol. The average Bonchev–Trinajstić information content (AvgIpc) is 3.38. The Balaban J connectivity index is 1.51. The minimum atomic E-state index is -4.88. The van der Waals surface area contributed by atoms with Gasteiger partial charge in [0.05, 0.1) is 5.71 Å². The van der Waals surface area contributed by atoms with E-state index < -0.39 is 48.8 Å². The van der Waals surface area contributed by atoms with Gasteiger partial charge < -0.3 is 15.1 Å². The lowest BCUT2D eigenvalue weighted by molar-refractivity contribution is -0.275. The summed E-state index contributed by atoms with van der Waals surface area (Å²) in [4.78, 5) is 30.6. The van der Waals surface area contributed by atoms with Gasteiger partial charge in [0.2, 0.25) is 5.91 Å². The third-order valence-corrected chi connectivity index (χ3v) is 6.73. The molecule has 0 aliphatic carbocycles. The number of likely N-dealkylation sites (tertiary alicyclic amines) is 1. The zero-order chi connectivity index (χ0) is 28.0. The molecule has 4 rings (SSSR count). The molecule has 6 nitrogen and oxygen atoms in total. The van der Waals surface area contributed by atoms with E-state index in [1.54, 1.807) is 0 Å². The van der Waals surface area contributed by atoms with E-state index in [0.29, 0.717) is 10.5 Å². The fourth-order valence-electron chi connectivity index (χ4n) is 4.43. The van der Waals surface area contributed by atoms with E-state index >= 15 is 0 Å². The highest BCUT2D eigenvalue weighted by Gasteiger charge is 2.62. The van der Waals surface area contributed by atoms with Gasteiger partial charge in [0.15, 0.2) is 0 Å². The van der Waals surface area contributed by atoms with E-state index in [0.717, 1.165) is 12.1 Å². The van der Waals surface area contributed by atoms with Crippen LogP contribution in [0, 0.1) is 6.92 Å². The number of benzene rings is 2. The number of halogens is 8. The van der Waals surface area contributed by atoms with Crippen molar-refractivity contribution in [3.8, 4) is 0 Å². The number of rotatable bonds is 5. The van der Waals surface area contributed by atoms with Crippen molar-refractivity contribution in [3.05, 3.63) is 68.7 Å². The molecule has 1 N–H and O–H groups in total. The van der Waals surface area contributed by atoms with Crippen molar-refractivity contribution in [2.75, 3.05) is 13.1 Å². The first-order valence-corrected chi connectivity index (χ1v) is 11.9. The quantitative estimate of drug-likeness (QED) is 0.455. The summed E-state index contributed by atoms with van der Waals surface area (Å²) in [6.45, 7) is -0.0360. The molecule has 0 spiro atoms. The van der Waals surface area contributed by atoms with Crippen molar-refractivity contribution in [3.63, 3.8) is 0 Å². The number of aryl methyl sites for hydroxylation is 1. The predicted molar refractivity (Wildman–Crippen MR) is 126 cm³/mol. The van der Waals surface area contributed by atoms with Gasteiger partial charge >= 0.3 is 12.4 Å². The molecule has 14 heteroatoms. The van der Waals surface area contributed by atoms with Crippen LogP contribution in [0.15, 0.2) is 41.6 Å². The highest BCUT2D eigenvalue weighted by molar-refractivity contribution is 6.34. The first-order valence-electron chi connectivity index (χ1n) is 11.2. The number of alkyl halides is 6. The van der Waals surface area contributed by atoms with Crippen LogP contribution in [-0.2, 0) is 15.2 Å². The highest BCUT2D eigenvalue weighted by Crippen LogP contribution is 2.49. The number of nitrogens with zero attached hydrogens (tertiary/aromatic N) is 2. The van der Waals surface area contributed by atoms with Gasteiger partial charge in [-0.05, 0) is 54.8 Å². The van der Waals surface area contributed by atoms with Crippen LogP contribution in [0.2, 0.25) is 10.0 Å². The van der Waals surface area contributed by atoms with Crippen molar-refractivity contribution in [2.45, 2.75) is 43.8 Å². The molecule has 0 aromatic heterocycles. The first kappa shape index (κ1) is 28.0. The van der Waals surface area contributed by atoms with Crippen molar-refractivity contribution >= 4 is 40.7 Å². The topological polar surface area (TPSA) is 71.0 Å². The van der Waals surface area contributed by atoms with Gasteiger partial charge in [-0.2, -0.15) is 26.3 Å². The Morgan fingerprint density at radius 3 is 2.37 bits per heavy atom. The molecule has 2 aromatic rings. The summed E-state index contributed by atoms with van der Waals surface area (Å²) in [6.07, 6.45) is -10.1. The second-order valence-corrected chi connectivity index (χ2v) is 9.88. The normalized spacial score (nSPS) is 21.9. The van der Waals surface area contributed by atoms with Crippen LogP contribution in [0.5, 0.6) is 0 Å². The summed E-state index contributed by atoms with van der Waals surface area (Å²) in [5.74, 6) is -1.55. The van der Waals surface area contributed by atoms with E-state index in [4.69, 9.17) is 28.0 Å². The van der Waals surface area contributed by atoms with E-state index in [-0.39, 0.29) is 45.4 Å². The van der Waals surface area contributed by atoms with E-state index in [9.17, 15) is 35.9 Å². The van der Waals surface area contributed by atoms with E-state index in [1.165, 1.54) is 31.2 Å². The molecule has 0 bridgehead atoms. The molecule has 2 unspecified atom stereocenters. The molecule has 2 heterocycles. The molecule has 1 fully saturated rings. The molecule has 2 atom stereocenters. The smallest absolute Gasteiger partial charge is 0.374 e. The zero-order valence-corrected chi connectivity index (χ0v) is 21.0. The zero-order valence-electron chi connectivity index (χ0n) is 19.5. The van der Waals surface area contributed by atoms with Crippen LogP contribution < -0.4 is 5.32 Å². The van der Waals surface area contributed by atoms with Crippen molar-refractivity contribution < 1.29 is 40.8 Å². The number of amides is 2. The predicted octanol–water partition coefficient (Wildman–Crippen LogP) is 5.78. The first-order chi connectivity index (χ1) is 17.6. The molecule has 2 aliphatic rings. The number of hydrogen-bond donors (Lipinski definition) is 1. The standard InChI is InChI=1S/C24H19Cl2F6N3O3/c1-12-6-13(2-3-17(12)20(36)33-18-4-5-35(21(18)37)11-23(27,28)29)19-10-22(38-34-19,24(30,31)32)14-7-15(25)9-16(26)8-14/h2-3,6-9,18H,4-5,10-11H2,1H3,(H,33,36). The molecule has 2 aromatic carbocycles. The molecular formula is C24H19Cl2F6N3O3. The summed E-state index contributed by atoms with van der Waals surface area (Å²) < 4.78 is 80.5. The minimum Gasteiger partial charge on any atom is -0.374 e. The number of nitrogens with one attached hydrogen (secondary N) is 1. The lowest BCUT2D eigenvalue weighted by Gasteiger charge is -2.29.